The van der Waals surface area contributed by atoms with Gasteiger partial charge >= 0.3 is 6.18 Å². The topological polar surface area (TPSA) is 53.1 Å². The van der Waals surface area contributed by atoms with E-state index in [9.17, 15) is 22.8 Å². The number of alkyl halides is 3. The Hall–Kier alpha value is -2.29. The fraction of sp³-hybridized carbons (Fsp3) is 0.619. The van der Waals surface area contributed by atoms with E-state index in [1.807, 2.05) is 4.90 Å². The average molecular weight is 425 g/mol. The van der Waals surface area contributed by atoms with Gasteiger partial charge in [-0.2, -0.15) is 13.2 Å². The molecule has 1 spiro atoms. The number of likely N-dealkylation sites (tertiary alicyclic amines) is 1. The van der Waals surface area contributed by atoms with Crippen LogP contribution in [-0.2, 0) is 9.59 Å². The molecule has 0 unspecified atom stereocenters. The van der Waals surface area contributed by atoms with E-state index in [1.54, 1.807) is 24.3 Å². The van der Waals surface area contributed by atoms with Gasteiger partial charge in [0.05, 0.1) is 11.1 Å². The number of anilines is 1. The highest BCUT2D eigenvalue weighted by molar-refractivity contribution is 6.07. The van der Waals surface area contributed by atoms with Crippen molar-refractivity contribution in [1.29, 1.82) is 0 Å². The summed E-state index contributed by atoms with van der Waals surface area (Å²) in [6.45, 7) is 2.82. The van der Waals surface area contributed by atoms with Crippen LogP contribution in [0.15, 0.2) is 24.3 Å². The predicted molar refractivity (Wildman–Crippen MR) is 104 cm³/mol. The van der Waals surface area contributed by atoms with Gasteiger partial charge in [0.15, 0.2) is 6.61 Å². The van der Waals surface area contributed by atoms with Crippen LogP contribution in [0.1, 0.15) is 25.7 Å². The normalized spacial score (nSPS) is 21.6. The Morgan fingerprint density at radius 3 is 2.33 bits per heavy atom. The Morgan fingerprint density at radius 2 is 1.70 bits per heavy atom. The lowest BCUT2D eigenvalue weighted by Crippen LogP contribution is -2.47. The van der Waals surface area contributed by atoms with E-state index >= 15 is 0 Å². The van der Waals surface area contributed by atoms with E-state index in [-0.39, 0.29) is 23.0 Å². The second kappa shape index (κ2) is 8.09. The van der Waals surface area contributed by atoms with E-state index in [4.69, 9.17) is 4.74 Å². The molecule has 6 nitrogen and oxygen atoms in total. The highest BCUT2D eigenvalue weighted by Gasteiger charge is 2.59. The van der Waals surface area contributed by atoms with Gasteiger partial charge in [0.2, 0.25) is 11.8 Å². The third-order valence-corrected chi connectivity index (χ3v) is 6.17. The number of imide groups is 1. The lowest BCUT2D eigenvalue weighted by Gasteiger charge is -2.37. The molecule has 3 aliphatic rings. The first kappa shape index (κ1) is 21.0. The summed E-state index contributed by atoms with van der Waals surface area (Å²) >= 11 is 0. The maximum Gasteiger partial charge on any atom is 0.422 e. The molecule has 1 aromatic carbocycles. The molecule has 2 heterocycles. The molecule has 2 amide bonds. The molecule has 3 fully saturated rings. The van der Waals surface area contributed by atoms with Crippen molar-refractivity contribution in [2.75, 3.05) is 50.8 Å². The van der Waals surface area contributed by atoms with Crippen LogP contribution < -0.4 is 9.64 Å². The first-order chi connectivity index (χ1) is 14.3. The summed E-state index contributed by atoms with van der Waals surface area (Å²) in [7, 11) is 0. The van der Waals surface area contributed by atoms with Crippen molar-refractivity contribution in [3.63, 3.8) is 0 Å². The minimum atomic E-state index is -4.37. The van der Waals surface area contributed by atoms with Crippen LogP contribution in [0.2, 0.25) is 0 Å². The Labute approximate surface area is 173 Å². The molecular formula is C21H26F3N3O3. The number of benzene rings is 1. The summed E-state index contributed by atoms with van der Waals surface area (Å²) in [6, 6.07) is 6.79. The minimum Gasteiger partial charge on any atom is -0.482 e. The fourth-order valence-corrected chi connectivity index (χ4v) is 4.29. The average Bonchev–Trinajstić information content (AvgIpc) is 3.45. The van der Waals surface area contributed by atoms with Crippen LogP contribution in [0.5, 0.6) is 5.75 Å². The zero-order valence-electron chi connectivity index (χ0n) is 16.8. The van der Waals surface area contributed by atoms with Gasteiger partial charge in [0.1, 0.15) is 5.75 Å². The molecular weight excluding hydrogens is 399 g/mol. The zero-order valence-corrected chi connectivity index (χ0v) is 16.8. The summed E-state index contributed by atoms with van der Waals surface area (Å²) in [6.07, 6.45) is -1.59. The van der Waals surface area contributed by atoms with Gasteiger partial charge in [-0.3, -0.25) is 19.4 Å². The number of para-hydroxylation sites is 2. The SMILES string of the molecule is O=C1CC2(CC2)C(=O)N1CCCN1CCN(c2ccccc2OCC(F)(F)F)CC1. The minimum absolute atomic E-state index is 0.00721. The van der Waals surface area contributed by atoms with Gasteiger partial charge in [-0.1, -0.05) is 12.1 Å². The number of carbonyl (C=O) groups is 2. The second-order valence-corrected chi connectivity index (χ2v) is 8.36. The number of ether oxygens (including phenoxy) is 1. The van der Waals surface area contributed by atoms with E-state index in [2.05, 4.69) is 4.90 Å². The standard InChI is InChI=1S/C21H26F3N3O3/c22-21(23,24)15-30-17-5-2-1-4-16(17)26-12-10-25(11-13-26)8-3-9-27-18(28)14-20(6-7-20)19(27)29/h1-2,4-5H,3,6-15H2. The molecule has 1 aromatic rings. The van der Waals surface area contributed by atoms with Crippen molar-refractivity contribution in [2.24, 2.45) is 5.41 Å². The van der Waals surface area contributed by atoms with Crippen LogP contribution in [-0.4, -0.2) is 73.7 Å². The third-order valence-electron chi connectivity index (χ3n) is 6.17. The van der Waals surface area contributed by atoms with Gasteiger partial charge in [-0.05, 0) is 37.9 Å². The molecule has 4 rings (SSSR count). The maximum atomic E-state index is 12.5. The first-order valence-corrected chi connectivity index (χ1v) is 10.4. The lowest BCUT2D eigenvalue weighted by molar-refractivity contribution is -0.153. The summed E-state index contributed by atoms with van der Waals surface area (Å²) in [5, 5.41) is 0. The third kappa shape index (κ3) is 4.55. The summed E-state index contributed by atoms with van der Waals surface area (Å²) < 4.78 is 42.5. The second-order valence-electron chi connectivity index (χ2n) is 8.36. The molecule has 0 bridgehead atoms. The van der Waals surface area contributed by atoms with Crippen molar-refractivity contribution in [1.82, 2.24) is 9.80 Å². The Morgan fingerprint density at radius 1 is 1.00 bits per heavy atom. The highest BCUT2D eigenvalue weighted by Crippen LogP contribution is 2.54. The molecule has 0 N–H and O–H groups in total. The van der Waals surface area contributed by atoms with Gasteiger partial charge in [0.25, 0.3) is 0 Å². The van der Waals surface area contributed by atoms with Crippen molar-refractivity contribution < 1.29 is 27.5 Å². The Bertz CT molecular complexity index is 802. The van der Waals surface area contributed by atoms with E-state index in [0.717, 1.165) is 38.9 Å². The number of piperazine rings is 1. The van der Waals surface area contributed by atoms with Gasteiger partial charge in [-0.25, -0.2) is 0 Å². The number of hydrogen-bond acceptors (Lipinski definition) is 5. The van der Waals surface area contributed by atoms with Gasteiger partial charge in [0, 0.05) is 39.1 Å². The Balaban J connectivity index is 1.24. The first-order valence-electron chi connectivity index (χ1n) is 10.4. The quantitative estimate of drug-likeness (QED) is 0.629. The number of hydrogen-bond donors (Lipinski definition) is 0. The van der Waals surface area contributed by atoms with Gasteiger partial charge in [-0.15, -0.1) is 0 Å². The van der Waals surface area contributed by atoms with Crippen molar-refractivity contribution in [3.05, 3.63) is 24.3 Å². The molecule has 0 atom stereocenters. The Kier molecular flexibility index (Phi) is 5.65. The zero-order chi connectivity index (χ0) is 21.4. The fourth-order valence-electron chi connectivity index (χ4n) is 4.29. The van der Waals surface area contributed by atoms with Crippen LogP contribution in [0.4, 0.5) is 18.9 Å². The molecule has 1 aliphatic carbocycles. The van der Waals surface area contributed by atoms with E-state index in [1.165, 1.54) is 4.90 Å². The number of halogens is 3. The molecule has 1 saturated carbocycles. The molecule has 0 aromatic heterocycles. The highest BCUT2D eigenvalue weighted by atomic mass is 19.4. The van der Waals surface area contributed by atoms with E-state index < -0.39 is 12.8 Å². The van der Waals surface area contributed by atoms with Crippen LogP contribution in [0, 0.1) is 5.41 Å². The molecule has 30 heavy (non-hydrogen) atoms. The molecule has 0 radical (unpaired) electrons. The number of rotatable bonds is 7. The number of nitrogens with zero attached hydrogens (tertiary/aromatic N) is 3. The molecule has 9 heteroatoms. The maximum absolute atomic E-state index is 12.5. The van der Waals surface area contributed by atoms with Crippen LogP contribution in [0.3, 0.4) is 0 Å². The van der Waals surface area contributed by atoms with Crippen molar-refractivity contribution in [3.8, 4) is 5.75 Å². The van der Waals surface area contributed by atoms with Crippen LogP contribution in [0.25, 0.3) is 0 Å². The van der Waals surface area contributed by atoms with E-state index in [0.29, 0.717) is 31.7 Å². The van der Waals surface area contributed by atoms with Crippen molar-refractivity contribution >= 4 is 17.5 Å². The molecule has 164 valence electrons. The monoisotopic (exact) mass is 425 g/mol. The van der Waals surface area contributed by atoms with Gasteiger partial charge < -0.3 is 9.64 Å². The summed E-state index contributed by atoms with van der Waals surface area (Å²) in [4.78, 5) is 30.1. The lowest BCUT2D eigenvalue weighted by atomic mass is 10.1. The van der Waals surface area contributed by atoms with Crippen molar-refractivity contribution in [2.45, 2.75) is 31.9 Å². The largest absolute Gasteiger partial charge is 0.482 e. The smallest absolute Gasteiger partial charge is 0.422 e. The van der Waals surface area contributed by atoms with Crippen LogP contribution >= 0.6 is 0 Å². The number of carbonyl (C=O) groups excluding carboxylic acids is 2. The summed E-state index contributed by atoms with van der Waals surface area (Å²) in [5.41, 5.74) is 0.314. The summed E-state index contributed by atoms with van der Waals surface area (Å²) in [5.74, 6) is 0.203. The molecule has 2 saturated heterocycles. The number of amides is 2. The predicted octanol–water partition coefficient (Wildman–Crippen LogP) is 2.68. The molecule has 2 aliphatic heterocycles.